The smallest absolute Gasteiger partial charge is 0.359 e. The molecule has 6 heterocycles. The van der Waals surface area contributed by atoms with Gasteiger partial charge in [-0.3, -0.25) is 0 Å². The number of rotatable bonds is 0. The average Bonchev–Trinajstić information content (AvgIpc) is 3.74. The van der Waals surface area contributed by atoms with Crippen molar-refractivity contribution in [2.75, 3.05) is 19.2 Å². The maximum absolute atomic E-state index is 2.66. The zero-order valence-electron chi connectivity index (χ0n) is 30.8. The zero-order chi connectivity index (χ0) is 35.8. The van der Waals surface area contributed by atoms with E-state index in [2.05, 4.69) is 193 Å². The Morgan fingerprint density at radius 3 is 1.13 bits per heavy atom. The van der Waals surface area contributed by atoms with Gasteiger partial charge in [-0.2, -0.15) is 0 Å². The van der Waals surface area contributed by atoms with E-state index in [-0.39, 0.29) is 24.8 Å². The van der Waals surface area contributed by atoms with Crippen molar-refractivity contribution in [3.05, 3.63) is 168 Å². The highest BCUT2D eigenvalue weighted by atomic mass is 15.3. The predicted octanol–water partition coefficient (Wildman–Crippen LogP) is 10.3. The molecule has 0 aromatic heterocycles. The fourth-order valence-corrected chi connectivity index (χ4v) is 11.4. The Hall–Kier alpha value is -6.13. The Bertz CT molecular complexity index is 2660. The molecular weight excluding hydrogens is 654 g/mol. The minimum absolute atomic E-state index is 0.0253. The maximum atomic E-state index is 2.66. The van der Waals surface area contributed by atoms with Crippen molar-refractivity contribution in [1.29, 1.82) is 0 Å². The molecule has 254 valence electrons. The second-order valence-corrected chi connectivity index (χ2v) is 16.9. The van der Waals surface area contributed by atoms with E-state index in [0.717, 1.165) is 0 Å². The molecule has 0 radical (unpaired) electrons. The van der Waals surface area contributed by atoms with E-state index in [9.17, 15) is 0 Å². The van der Waals surface area contributed by atoms with Crippen LogP contribution in [0.25, 0.3) is 22.3 Å². The molecule has 0 amide bonds. The molecule has 6 aliphatic rings. The molecular formula is C48H36B2N4. The van der Waals surface area contributed by atoms with Crippen molar-refractivity contribution in [3.8, 4) is 22.3 Å². The second-order valence-electron chi connectivity index (χ2n) is 16.9. The first kappa shape index (κ1) is 29.3. The molecule has 54 heavy (non-hydrogen) atoms. The molecule has 4 nitrogen and oxygen atoms in total. The summed E-state index contributed by atoms with van der Waals surface area (Å²) < 4.78 is 0. The van der Waals surface area contributed by atoms with Gasteiger partial charge in [-0.15, -0.1) is 0 Å². The fraction of sp³-hybridized carbons (Fsp3) is 0.125. The average molecular weight is 690 g/mol. The predicted molar refractivity (Wildman–Crippen MR) is 227 cm³/mol. The van der Waals surface area contributed by atoms with E-state index in [0.29, 0.717) is 0 Å². The van der Waals surface area contributed by atoms with Crippen LogP contribution in [0.2, 0.25) is 0 Å². The lowest BCUT2D eigenvalue weighted by Crippen LogP contribution is -2.60. The molecule has 0 saturated carbocycles. The summed E-state index contributed by atoms with van der Waals surface area (Å²) in [6.07, 6.45) is 0. The van der Waals surface area contributed by atoms with Gasteiger partial charge in [0, 0.05) is 44.7 Å². The van der Waals surface area contributed by atoms with Gasteiger partial charge in [0.2, 0.25) is 0 Å². The van der Waals surface area contributed by atoms with Crippen LogP contribution in [0, 0.1) is 0 Å². The van der Waals surface area contributed by atoms with Crippen molar-refractivity contribution in [2.24, 2.45) is 0 Å². The number of fused-ring (bicyclic) bond motifs is 20. The van der Waals surface area contributed by atoms with E-state index in [1.807, 2.05) is 0 Å². The van der Waals surface area contributed by atoms with Crippen LogP contribution >= 0.6 is 0 Å². The number of hydrogen-bond donors (Lipinski definition) is 0. The third kappa shape index (κ3) is 3.20. The van der Waals surface area contributed by atoms with Gasteiger partial charge in [0.1, 0.15) is 0 Å². The molecule has 7 aromatic carbocycles. The summed E-state index contributed by atoms with van der Waals surface area (Å²) in [5.74, 6) is 0. The minimum Gasteiger partial charge on any atom is -0.359 e. The van der Waals surface area contributed by atoms with Crippen molar-refractivity contribution < 1.29 is 0 Å². The molecule has 13 rings (SSSR count). The van der Waals surface area contributed by atoms with Crippen LogP contribution in [0.1, 0.15) is 49.9 Å². The van der Waals surface area contributed by atoms with Gasteiger partial charge in [0.15, 0.2) is 0 Å². The molecule has 7 aromatic rings. The summed E-state index contributed by atoms with van der Waals surface area (Å²) >= 11 is 0. The number of nitrogens with zero attached hydrogens (tertiary/aromatic N) is 4. The lowest BCUT2D eigenvalue weighted by molar-refractivity contribution is 0.634. The molecule has 0 bridgehead atoms. The number of hydrogen-bond acceptors (Lipinski definition) is 4. The summed E-state index contributed by atoms with van der Waals surface area (Å²) in [6, 6.07) is 55.5. The SMILES string of the molecule is CC1(C)c2ccccc2N2B3c4cc5c(cc4-c4ccccc4N3c3cccc1c32)B1N(c2ccccc2-5)c2cccc3c2N1c1ccccc1C3(C)C. The van der Waals surface area contributed by atoms with E-state index in [1.54, 1.807) is 0 Å². The number of para-hydroxylation sites is 6. The molecule has 0 fully saturated rings. The van der Waals surface area contributed by atoms with Gasteiger partial charge in [-0.05, 0) is 80.7 Å². The summed E-state index contributed by atoms with van der Waals surface area (Å²) in [6.45, 7) is 9.51. The molecule has 6 aliphatic heterocycles. The summed E-state index contributed by atoms with van der Waals surface area (Å²) in [5.41, 5.74) is 23.6. The van der Waals surface area contributed by atoms with Gasteiger partial charge in [-0.1, -0.05) is 137 Å². The van der Waals surface area contributed by atoms with Crippen molar-refractivity contribution in [1.82, 2.24) is 0 Å². The highest BCUT2D eigenvalue weighted by molar-refractivity contribution is 6.89. The van der Waals surface area contributed by atoms with E-state index in [4.69, 9.17) is 0 Å². The second kappa shape index (κ2) is 9.50. The quantitative estimate of drug-likeness (QED) is 0.147. The van der Waals surface area contributed by atoms with Gasteiger partial charge in [-0.25, -0.2) is 0 Å². The highest BCUT2D eigenvalue weighted by Gasteiger charge is 2.56. The number of benzene rings is 7. The highest BCUT2D eigenvalue weighted by Crippen LogP contribution is 2.61. The van der Waals surface area contributed by atoms with Crippen LogP contribution in [0.4, 0.5) is 45.5 Å². The van der Waals surface area contributed by atoms with Crippen LogP contribution in [0.15, 0.2) is 146 Å². The zero-order valence-corrected chi connectivity index (χ0v) is 30.8. The molecule has 0 spiro atoms. The molecule has 0 saturated heterocycles. The summed E-state index contributed by atoms with van der Waals surface area (Å²) in [7, 11) is 0. The maximum Gasteiger partial charge on any atom is 0.421 e. The lowest BCUT2D eigenvalue weighted by Gasteiger charge is -2.44. The molecule has 0 N–H and O–H groups in total. The van der Waals surface area contributed by atoms with Gasteiger partial charge >= 0.3 is 14.0 Å². The molecule has 6 heteroatoms. The Morgan fingerprint density at radius 1 is 0.333 bits per heavy atom. The third-order valence-corrected chi connectivity index (χ3v) is 13.7. The number of anilines is 8. The van der Waals surface area contributed by atoms with Crippen LogP contribution < -0.4 is 30.2 Å². The summed E-state index contributed by atoms with van der Waals surface area (Å²) in [5, 5.41) is 0. The minimum atomic E-state index is -0.122. The van der Waals surface area contributed by atoms with E-state index < -0.39 is 0 Å². The lowest BCUT2D eigenvalue weighted by atomic mass is 9.53. The normalized spacial score (nSPS) is 17.3. The van der Waals surface area contributed by atoms with Crippen LogP contribution in [0.5, 0.6) is 0 Å². The standard InChI is InChI=1S/C48H36B2N4/c1-47(2)33-17-7-11-23-41(33)53-45-35(47)19-13-25-43(45)51-39-21-9-5-15-29(39)31-28-38-32(27-37(31)49(51)53)30-16-6-10-22-40(30)52-44-26-14-20-36-46(44)54(50(38)52)42-24-12-8-18-34(42)48(36,3)4/h5-28H,1-4H3. The fourth-order valence-electron chi connectivity index (χ4n) is 11.4. The van der Waals surface area contributed by atoms with Crippen LogP contribution in [0.3, 0.4) is 0 Å². The Balaban J connectivity index is 1.12. The van der Waals surface area contributed by atoms with Crippen molar-refractivity contribution in [2.45, 2.75) is 38.5 Å². The van der Waals surface area contributed by atoms with Crippen molar-refractivity contribution >= 4 is 70.4 Å². The first-order valence-electron chi connectivity index (χ1n) is 19.4. The van der Waals surface area contributed by atoms with Gasteiger partial charge in [0.25, 0.3) is 0 Å². The largest absolute Gasteiger partial charge is 0.421 e. The molecule has 0 aliphatic carbocycles. The van der Waals surface area contributed by atoms with Gasteiger partial charge < -0.3 is 19.2 Å². The van der Waals surface area contributed by atoms with E-state index in [1.165, 1.54) is 101 Å². The Morgan fingerprint density at radius 2 is 0.685 bits per heavy atom. The first-order chi connectivity index (χ1) is 26.4. The Labute approximate surface area is 317 Å². The van der Waals surface area contributed by atoms with Gasteiger partial charge in [0.05, 0.1) is 22.7 Å². The first-order valence-corrected chi connectivity index (χ1v) is 19.4. The topological polar surface area (TPSA) is 13.0 Å². The Kier molecular flexibility index (Phi) is 5.16. The summed E-state index contributed by atoms with van der Waals surface area (Å²) in [4.78, 5) is 10.6. The van der Waals surface area contributed by atoms with E-state index >= 15 is 0 Å². The third-order valence-electron chi connectivity index (χ3n) is 13.7. The van der Waals surface area contributed by atoms with Crippen LogP contribution in [-0.4, -0.2) is 14.0 Å². The molecule has 0 atom stereocenters. The molecule has 0 unspecified atom stereocenters. The van der Waals surface area contributed by atoms with Crippen LogP contribution in [-0.2, 0) is 10.8 Å². The van der Waals surface area contributed by atoms with Crippen molar-refractivity contribution in [3.63, 3.8) is 0 Å². The monoisotopic (exact) mass is 690 g/mol.